The number of ether oxygens (including phenoxy) is 1. The minimum absolute atomic E-state index is 0.0249. The largest absolute Gasteiger partial charge is 0.496 e. The van der Waals surface area contributed by atoms with Gasteiger partial charge in [0.15, 0.2) is 0 Å². The summed E-state index contributed by atoms with van der Waals surface area (Å²) >= 11 is 0. The summed E-state index contributed by atoms with van der Waals surface area (Å²) in [7, 11) is 1.66. The van der Waals surface area contributed by atoms with Crippen LogP contribution in [0, 0.1) is 0 Å². The standard InChI is InChI=1S/C29H33N3O3/c1-35-25-16-10-8-14-21(25)28-27-22(20-13-7-9-15-23(20)30-27)17-24-29(34)31(18-26(33)32(24)28)19-11-5-3-2-4-6-12-19/h7-10,13-16,19,24,28,30H,2-6,11-12,17-18H2,1H3/t24-,28?/m0/s1. The van der Waals surface area contributed by atoms with Crippen LogP contribution in [0.25, 0.3) is 10.9 Å². The van der Waals surface area contributed by atoms with Crippen molar-refractivity contribution in [2.45, 2.75) is 69.5 Å². The summed E-state index contributed by atoms with van der Waals surface area (Å²) in [5.41, 5.74) is 4.08. The lowest BCUT2D eigenvalue weighted by atomic mass is 9.85. The van der Waals surface area contributed by atoms with Gasteiger partial charge in [-0.1, -0.05) is 68.5 Å². The highest BCUT2D eigenvalue weighted by Crippen LogP contribution is 2.45. The van der Waals surface area contributed by atoms with Gasteiger partial charge in [-0.3, -0.25) is 9.59 Å². The molecule has 35 heavy (non-hydrogen) atoms. The lowest BCUT2D eigenvalue weighted by Gasteiger charge is -2.49. The number of benzene rings is 2. The third-order valence-corrected chi connectivity index (χ3v) is 8.24. The van der Waals surface area contributed by atoms with Crippen molar-refractivity contribution in [3.8, 4) is 5.75 Å². The Morgan fingerprint density at radius 1 is 0.914 bits per heavy atom. The normalized spacial score (nSPS) is 23.6. The van der Waals surface area contributed by atoms with Gasteiger partial charge in [-0.15, -0.1) is 0 Å². The smallest absolute Gasteiger partial charge is 0.246 e. The van der Waals surface area contributed by atoms with Crippen LogP contribution in [-0.4, -0.2) is 52.3 Å². The molecule has 0 radical (unpaired) electrons. The lowest BCUT2D eigenvalue weighted by molar-refractivity contribution is -0.161. The maximum atomic E-state index is 14.1. The average molecular weight is 472 g/mol. The number of nitrogens with one attached hydrogen (secondary N) is 1. The molecule has 6 heteroatoms. The van der Waals surface area contributed by atoms with Gasteiger partial charge in [0.25, 0.3) is 0 Å². The molecule has 1 aromatic heterocycles. The van der Waals surface area contributed by atoms with Crippen molar-refractivity contribution in [3.63, 3.8) is 0 Å². The van der Waals surface area contributed by atoms with Crippen LogP contribution in [0.4, 0.5) is 0 Å². The third-order valence-electron chi connectivity index (χ3n) is 8.24. The number of hydrogen-bond donors (Lipinski definition) is 1. The van der Waals surface area contributed by atoms with Crippen LogP contribution in [0.5, 0.6) is 5.75 Å². The summed E-state index contributed by atoms with van der Waals surface area (Å²) in [5, 5.41) is 1.13. The zero-order chi connectivity index (χ0) is 23.9. The Labute approximate surface area is 206 Å². The van der Waals surface area contributed by atoms with Gasteiger partial charge in [0, 0.05) is 34.6 Å². The molecule has 0 bridgehead atoms. The maximum absolute atomic E-state index is 14.1. The molecule has 1 unspecified atom stereocenters. The SMILES string of the molecule is COc1ccccc1C1c2[nH]c3ccccc3c2C[C@H]2C(=O)N(C3CCCCCCC3)CC(=O)N12. The van der Waals surface area contributed by atoms with Crippen molar-refractivity contribution in [1.29, 1.82) is 0 Å². The molecule has 3 aromatic rings. The molecular formula is C29H33N3O3. The first-order valence-corrected chi connectivity index (χ1v) is 13.0. The van der Waals surface area contributed by atoms with E-state index in [1.807, 2.05) is 46.2 Å². The second-order valence-electron chi connectivity index (χ2n) is 10.2. The van der Waals surface area contributed by atoms with E-state index in [1.54, 1.807) is 7.11 Å². The van der Waals surface area contributed by atoms with Crippen molar-refractivity contribution >= 4 is 22.7 Å². The van der Waals surface area contributed by atoms with Crippen molar-refractivity contribution in [2.75, 3.05) is 13.7 Å². The van der Waals surface area contributed by atoms with Crippen molar-refractivity contribution in [2.24, 2.45) is 0 Å². The predicted octanol–water partition coefficient (Wildman–Crippen LogP) is 4.97. The van der Waals surface area contributed by atoms with Crippen LogP contribution in [0.3, 0.4) is 0 Å². The number of methoxy groups -OCH3 is 1. The molecular weight excluding hydrogens is 438 g/mol. The van der Waals surface area contributed by atoms with Gasteiger partial charge >= 0.3 is 0 Å². The van der Waals surface area contributed by atoms with Gasteiger partial charge < -0.3 is 19.5 Å². The number of fused-ring (bicyclic) bond motifs is 4. The molecule has 1 saturated heterocycles. The van der Waals surface area contributed by atoms with Crippen LogP contribution in [0.2, 0.25) is 0 Å². The number of aromatic nitrogens is 1. The number of amides is 2. The number of nitrogens with zero attached hydrogens (tertiary/aromatic N) is 2. The molecule has 6 nitrogen and oxygen atoms in total. The molecule has 0 spiro atoms. The van der Waals surface area contributed by atoms with Gasteiger partial charge in [0.05, 0.1) is 7.11 Å². The van der Waals surface area contributed by atoms with Crippen LogP contribution in [-0.2, 0) is 16.0 Å². The Balaban J connectivity index is 1.46. The molecule has 2 aliphatic heterocycles. The molecule has 1 aliphatic carbocycles. The number of piperazine rings is 1. The van der Waals surface area contributed by atoms with Gasteiger partial charge in [-0.2, -0.15) is 0 Å². The van der Waals surface area contributed by atoms with E-state index in [-0.39, 0.29) is 30.4 Å². The maximum Gasteiger partial charge on any atom is 0.246 e. The highest BCUT2D eigenvalue weighted by molar-refractivity contribution is 5.98. The monoisotopic (exact) mass is 471 g/mol. The first kappa shape index (κ1) is 22.2. The quantitative estimate of drug-likeness (QED) is 0.586. The van der Waals surface area contributed by atoms with Crippen molar-refractivity contribution in [3.05, 3.63) is 65.4 Å². The molecule has 3 heterocycles. The zero-order valence-electron chi connectivity index (χ0n) is 20.3. The predicted molar refractivity (Wildman–Crippen MR) is 135 cm³/mol. The number of para-hydroxylation sites is 2. The van der Waals surface area contributed by atoms with Crippen LogP contribution >= 0.6 is 0 Å². The Bertz CT molecular complexity index is 1260. The highest BCUT2D eigenvalue weighted by Gasteiger charge is 2.49. The Hall–Kier alpha value is -3.28. The number of aromatic amines is 1. The van der Waals surface area contributed by atoms with Gasteiger partial charge in [0.2, 0.25) is 11.8 Å². The second kappa shape index (κ2) is 9.06. The average Bonchev–Trinajstić information content (AvgIpc) is 3.23. The molecule has 3 aliphatic rings. The van der Waals surface area contributed by atoms with E-state index in [0.29, 0.717) is 6.42 Å². The number of H-pyrrole nitrogens is 1. The van der Waals surface area contributed by atoms with E-state index < -0.39 is 6.04 Å². The zero-order valence-corrected chi connectivity index (χ0v) is 20.3. The molecule has 1 saturated carbocycles. The fraction of sp³-hybridized carbons (Fsp3) is 0.448. The van der Waals surface area contributed by atoms with Gasteiger partial charge in [-0.25, -0.2) is 0 Å². The first-order chi connectivity index (χ1) is 17.2. The van der Waals surface area contributed by atoms with Gasteiger partial charge in [0.1, 0.15) is 24.4 Å². The molecule has 6 rings (SSSR count). The molecule has 2 atom stereocenters. The van der Waals surface area contributed by atoms with Crippen molar-refractivity contribution in [1.82, 2.24) is 14.8 Å². The minimum Gasteiger partial charge on any atom is -0.496 e. The van der Waals surface area contributed by atoms with E-state index in [2.05, 4.69) is 17.1 Å². The van der Waals surface area contributed by atoms with E-state index >= 15 is 0 Å². The third kappa shape index (κ3) is 3.70. The Kier molecular flexibility index (Phi) is 5.75. The molecule has 2 amide bonds. The molecule has 2 aromatic carbocycles. The minimum atomic E-state index is -0.497. The number of carbonyl (C=O) groups excluding carboxylic acids is 2. The summed E-state index contributed by atoms with van der Waals surface area (Å²) in [6.45, 7) is 0.168. The van der Waals surface area contributed by atoms with Crippen molar-refractivity contribution < 1.29 is 14.3 Å². The molecule has 2 fully saturated rings. The first-order valence-electron chi connectivity index (χ1n) is 13.0. The van der Waals surface area contributed by atoms with E-state index in [9.17, 15) is 9.59 Å². The van der Waals surface area contributed by atoms with Crippen LogP contribution < -0.4 is 4.74 Å². The summed E-state index contributed by atoms with van der Waals surface area (Å²) in [6, 6.07) is 15.4. The lowest BCUT2D eigenvalue weighted by Crippen LogP contribution is -2.64. The Morgan fingerprint density at radius 2 is 1.63 bits per heavy atom. The van der Waals surface area contributed by atoms with E-state index in [0.717, 1.165) is 59.2 Å². The second-order valence-corrected chi connectivity index (χ2v) is 10.2. The van der Waals surface area contributed by atoms with Crippen LogP contribution in [0.15, 0.2) is 48.5 Å². The molecule has 182 valence electrons. The number of carbonyl (C=O) groups is 2. The molecule has 1 N–H and O–H groups in total. The number of hydrogen-bond acceptors (Lipinski definition) is 3. The number of rotatable bonds is 3. The topological polar surface area (TPSA) is 65.6 Å². The fourth-order valence-electron chi connectivity index (χ4n) is 6.56. The highest BCUT2D eigenvalue weighted by atomic mass is 16.5. The summed E-state index contributed by atoms with van der Waals surface area (Å²) in [5.74, 6) is 0.855. The summed E-state index contributed by atoms with van der Waals surface area (Å²) in [6.07, 6.45) is 8.52. The van der Waals surface area contributed by atoms with E-state index in [4.69, 9.17) is 4.74 Å². The fourth-order valence-corrected chi connectivity index (χ4v) is 6.56. The summed E-state index contributed by atoms with van der Waals surface area (Å²) < 4.78 is 5.72. The van der Waals surface area contributed by atoms with E-state index in [1.165, 1.54) is 19.3 Å². The van der Waals surface area contributed by atoms with Gasteiger partial charge in [-0.05, 0) is 30.5 Å². The Morgan fingerprint density at radius 3 is 2.43 bits per heavy atom. The summed E-state index contributed by atoms with van der Waals surface area (Å²) in [4.78, 5) is 35.3. The van der Waals surface area contributed by atoms with Crippen LogP contribution in [0.1, 0.15) is 67.8 Å².